The van der Waals surface area contributed by atoms with E-state index in [4.69, 9.17) is 4.74 Å². The summed E-state index contributed by atoms with van der Waals surface area (Å²) in [7, 11) is 1.75. The Kier molecular flexibility index (Phi) is 3.38. The van der Waals surface area contributed by atoms with Crippen molar-refractivity contribution in [1.82, 2.24) is 4.90 Å². The van der Waals surface area contributed by atoms with Gasteiger partial charge in [0.2, 0.25) is 5.91 Å². The number of ether oxygens (including phenoxy) is 1. The third-order valence-electron chi connectivity index (χ3n) is 4.10. The van der Waals surface area contributed by atoms with Crippen molar-refractivity contribution < 1.29 is 19.4 Å². The molecule has 17 heavy (non-hydrogen) atoms. The highest BCUT2D eigenvalue weighted by Crippen LogP contribution is 2.44. The van der Waals surface area contributed by atoms with Crippen molar-refractivity contribution in [3.05, 3.63) is 0 Å². The van der Waals surface area contributed by atoms with Gasteiger partial charge < -0.3 is 14.7 Å². The van der Waals surface area contributed by atoms with Gasteiger partial charge >= 0.3 is 5.97 Å². The van der Waals surface area contributed by atoms with Crippen molar-refractivity contribution in [1.29, 1.82) is 0 Å². The molecule has 1 atom stereocenters. The van der Waals surface area contributed by atoms with Crippen LogP contribution in [0.1, 0.15) is 32.1 Å². The van der Waals surface area contributed by atoms with Crippen LogP contribution in [0.4, 0.5) is 0 Å². The summed E-state index contributed by atoms with van der Waals surface area (Å²) in [6.07, 6.45) is 3.15. The van der Waals surface area contributed by atoms with Crippen molar-refractivity contribution in [2.24, 2.45) is 5.41 Å². The van der Waals surface area contributed by atoms with Crippen molar-refractivity contribution in [2.75, 3.05) is 20.3 Å². The van der Waals surface area contributed by atoms with Gasteiger partial charge in [-0.2, -0.15) is 0 Å². The number of nitrogens with zero attached hydrogens (tertiary/aromatic N) is 1. The van der Waals surface area contributed by atoms with Gasteiger partial charge in [0.1, 0.15) is 0 Å². The molecule has 2 rings (SSSR count). The Morgan fingerprint density at radius 1 is 1.47 bits per heavy atom. The molecular formula is C12H19NO4. The number of hydrogen-bond donors (Lipinski definition) is 1. The lowest BCUT2D eigenvalue weighted by atomic mass is 9.66. The number of likely N-dealkylation sites (N-methyl/N-ethyl adjacent to an activating group) is 1. The molecule has 1 saturated heterocycles. The summed E-state index contributed by atoms with van der Waals surface area (Å²) < 4.78 is 5.24. The van der Waals surface area contributed by atoms with Crippen LogP contribution < -0.4 is 0 Å². The lowest BCUT2D eigenvalue weighted by molar-refractivity contribution is -0.159. The van der Waals surface area contributed by atoms with Gasteiger partial charge in [-0.05, 0) is 19.3 Å². The van der Waals surface area contributed by atoms with Crippen molar-refractivity contribution in [3.8, 4) is 0 Å². The predicted molar refractivity (Wildman–Crippen MR) is 60.5 cm³/mol. The molecule has 5 heteroatoms. The zero-order valence-corrected chi connectivity index (χ0v) is 10.1. The molecule has 1 aliphatic carbocycles. The smallest absolute Gasteiger partial charge is 0.310 e. The van der Waals surface area contributed by atoms with Crippen LogP contribution in [-0.4, -0.2) is 48.2 Å². The lowest BCUT2D eigenvalue weighted by Gasteiger charge is -2.38. The minimum Gasteiger partial charge on any atom is -0.481 e. The number of carboxylic acids is 1. The van der Waals surface area contributed by atoms with E-state index in [2.05, 4.69) is 0 Å². The third kappa shape index (κ3) is 2.29. The molecular weight excluding hydrogens is 222 g/mol. The second kappa shape index (κ2) is 4.64. The summed E-state index contributed by atoms with van der Waals surface area (Å²) in [6, 6.07) is 0.119. The van der Waals surface area contributed by atoms with Crippen molar-refractivity contribution in [2.45, 2.75) is 38.1 Å². The van der Waals surface area contributed by atoms with E-state index in [-0.39, 0.29) is 18.4 Å². The Labute approximate surface area is 101 Å². The molecule has 0 aromatic rings. The Morgan fingerprint density at radius 2 is 2.18 bits per heavy atom. The van der Waals surface area contributed by atoms with Crippen LogP contribution in [0.3, 0.4) is 0 Å². The van der Waals surface area contributed by atoms with Crippen LogP contribution in [0.2, 0.25) is 0 Å². The SMILES string of the molecule is CN(C(=O)CC1(C(=O)O)CCC1)C1CCOC1. The van der Waals surface area contributed by atoms with E-state index in [1.165, 1.54) is 0 Å². The summed E-state index contributed by atoms with van der Waals surface area (Å²) >= 11 is 0. The maximum Gasteiger partial charge on any atom is 0.310 e. The summed E-state index contributed by atoms with van der Waals surface area (Å²) in [5.74, 6) is -0.893. The fraction of sp³-hybridized carbons (Fsp3) is 0.833. The Hall–Kier alpha value is -1.10. The summed E-state index contributed by atoms with van der Waals surface area (Å²) in [5.41, 5.74) is -0.787. The fourth-order valence-electron chi connectivity index (χ4n) is 2.52. The molecule has 1 unspecified atom stereocenters. The molecule has 1 aliphatic heterocycles. The average Bonchev–Trinajstić information content (AvgIpc) is 2.74. The molecule has 1 N–H and O–H groups in total. The van der Waals surface area contributed by atoms with Crippen LogP contribution in [0.5, 0.6) is 0 Å². The number of amides is 1. The summed E-state index contributed by atoms with van der Waals surface area (Å²) in [6.45, 7) is 1.26. The number of rotatable bonds is 4. The van der Waals surface area contributed by atoms with Gasteiger partial charge in [0, 0.05) is 20.1 Å². The van der Waals surface area contributed by atoms with Crippen molar-refractivity contribution in [3.63, 3.8) is 0 Å². The summed E-state index contributed by atoms with van der Waals surface area (Å²) in [5, 5.41) is 9.18. The Morgan fingerprint density at radius 3 is 2.59 bits per heavy atom. The van der Waals surface area contributed by atoms with Gasteiger partial charge in [0.25, 0.3) is 0 Å². The second-order valence-corrected chi connectivity index (χ2v) is 5.14. The summed E-state index contributed by atoms with van der Waals surface area (Å²) in [4.78, 5) is 24.9. The molecule has 0 aromatic heterocycles. The first-order valence-corrected chi connectivity index (χ1v) is 6.12. The van der Waals surface area contributed by atoms with Crippen LogP contribution in [0.25, 0.3) is 0 Å². The zero-order chi connectivity index (χ0) is 12.5. The van der Waals surface area contributed by atoms with Gasteiger partial charge in [0.05, 0.1) is 18.1 Å². The van der Waals surface area contributed by atoms with Crippen LogP contribution in [0, 0.1) is 5.41 Å². The normalized spacial score (nSPS) is 26.3. The van der Waals surface area contributed by atoms with Crippen LogP contribution in [0.15, 0.2) is 0 Å². The third-order valence-corrected chi connectivity index (χ3v) is 4.10. The highest BCUT2D eigenvalue weighted by molar-refractivity contribution is 5.85. The molecule has 96 valence electrons. The minimum atomic E-state index is -0.826. The Bertz CT molecular complexity index is 318. The second-order valence-electron chi connectivity index (χ2n) is 5.14. The molecule has 0 bridgehead atoms. The van der Waals surface area contributed by atoms with E-state index in [0.717, 1.165) is 12.8 Å². The quantitative estimate of drug-likeness (QED) is 0.793. The zero-order valence-electron chi connectivity index (χ0n) is 10.1. The van der Waals surface area contributed by atoms with Gasteiger partial charge in [-0.15, -0.1) is 0 Å². The van der Waals surface area contributed by atoms with E-state index < -0.39 is 11.4 Å². The molecule has 0 spiro atoms. The first kappa shape index (κ1) is 12.4. The van der Waals surface area contributed by atoms with Crippen LogP contribution >= 0.6 is 0 Å². The molecule has 0 aromatic carbocycles. The first-order valence-electron chi connectivity index (χ1n) is 6.12. The maximum absolute atomic E-state index is 12.0. The van der Waals surface area contributed by atoms with Gasteiger partial charge in [-0.25, -0.2) is 0 Å². The lowest BCUT2D eigenvalue weighted by Crippen LogP contribution is -2.45. The molecule has 1 amide bonds. The van der Waals surface area contributed by atoms with Gasteiger partial charge in [-0.3, -0.25) is 9.59 Å². The van der Waals surface area contributed by atoms with E-state index in [1.807, 2.05) is 0 Å². The number of carboxylic acid groups (broad SMARTS) is 1. The minimum absolute atomic E-state index is 0.0670. The maximum atomic E-state index is 12.0. The predicted octanol–water partition coefficient (Wildman–Crippen LogP) is 0.879. The number of carbonyl (C=O) groups excluding carboxylic acids is 1. The average molecular weight is 241 g/mol. The van der Waals surface area contributed by atoms with E-state index >= 15 is 0 Å². The number of hydrogen-bond acceptors (Lipinski definition) is 3. The van der Waals surface area contributed by atoms with Gasteiger partial charge in [-0.1, -0.05) is 6.42 Å². The van der Waals surface area contributed by atoms with Gasteiger partial charge in [0.15, 0.2) is 0 Å². The highest BCUT2D eigenvalue weighted by atomic mass is 16.5. The molecule has 2 fully saturated rings. The number of carbonyl (C=O) groups is 2. The largest absolute Gasteiger partial charge is 0.481 e. The van der Waals surface area contributed by atoms with E-state index in [9.17, 15) is 14.7 Å². The molecule has 1 heterocycles. The van der Waals surface area contributed by atoms with E-state index in [0.29, 0.717) is 26.1 Å². The topological polar surface area (TPSA) is 66.8 Å². The molecule has 5 nitrogen and oxygen atoms in total. The standard InChI is InChI=1S/C12H19NO4/c1-13(9-3-6-17-8-9)10(14)7-12(11(15)16)4-2-5-12/h9H,2-8H2,1H3,(H,15,16). The first-order chi connectivity index (χ1) is 8.05. The highest BCUT2D eigenvalue weighted by Gasteiger charge is 2.46. The molecule has 1 saturated carbocycles. The Balaban J connectivity index is 1.93. The fourth-order valence-corrected chi connectivity index (χ4v) is 2.52. The molecule has 2 aliphatic rings. The van der Waals surface area contributed by atoms with Crippen LogP contribution in [-0.2, 0) is 14.3 Å². The molecule has 0 radical (unpaired) electrons. The monoisotopic (exact) mass is 241 g/mol. The number of aliphatic carboxylic acids is 1. The van der Waals surface area contributed by atoms with Crippen molar-refractivity contribution >= 4 is 11.9 Å². The van der Waals surface area contributed by atoms with E-state index in [1.54, 1.807) is 11.9 Å².